The molecule has 0 atom stereocenters. The highest BCUT2D eigenvalue weighted by Gasteiger charge is 1.98. The van der Waals surface area contributed by atoms with E-state index in [1.807, 2.05) is 0 Å². The molecule has 12 heavy (non-hydrogen) atoms. The lowest BCUT2D eigenvalue weighted by Gasteiger charge is -1.95. The summed E-state index contributed by atoms with van der Waals surface area (Å²) >= 11 is 0. The van der Waals surface area contributed by atoms with E-state index >= 15 is 0 Å². The molecule has 0 aliphatic heterocycles. The molecule has 0 spiro atoms. The third-order valence-electron chi connectivity index (χ3n) is 1.26. The topological polar surface area (TPSA) is 43.4 Å². The molecule has 68 valence electrons. The Morgan fingerprint density at radius 2 is 2.25 bits per heavy atom. The fraction of sp³-hybridized carbons (Fsp3) is 0.500. The molecule has 0 aromatic heterocycles. The van der Waals surface area contributed by atoms with E-state index in [1.54, 1.807) is 0 Å². The Morgan fingerprint density at radius 3 is 2.75 bits per heavy atom. The molecule has 0 saturated heterocycles. The van der Waals surface area contributed by atoms with E-state index in [-0.39, 0.29) is 18.7 Å². The molecule has 0 bridgehead atoms. The Bertz CT molecular complexity index is 187. The molecular weight excluding hydrogens is 163 g/mol. The van der Waals surface area contributed by atoms with Crippen molar-refractivity contribution >= 4 is 12.3 Å². The molecule has 0 N–H and O–H groups in total. The molecule has 4 heteroatoms. The number of rotatable bonds is 5. The number of carbonyl (C=O) groups excluding carboxylic acids is 2. The summed E-state index contributed by atoms with van der Waals surface area (Å²) in [6.45, 7) is 0. The first-order valence-electron chi connectivity index (χ1n) is 3.58. The van der Waals surface area contributed by atoms with Crippen molar-refractivity contribution in [3.63, 3.8) is 0 Å². The fourth-order valence-electron chi connectivity index (χ4n) is 0.637. The largest absolute Gasteiger partial charge is 0.469 e. The number of esters is 1. The van der Waals surface area contributed by atoms with Crippen LogP contribution in [-0.2, 0) is 14.3 Å². The van der Waals surface area contributed by atoms with Gasteiger partial charge in [0, 0.05) is 6.42 Å². The Morgan fingerprint density at radius 1 is 1.58 bits per heavy atom. The lowest BCUT2D eigenvalue weighted by molar-refractivity contribution is -0.140. The van der Waals surface area contributed by atoms with Crippen LogP contribution in [0.4, 0.5) is 4.39 Å². The summed E-state index contributed by atoms with van der Waals surface area (Å²) in [6, 6.07) is 0. The van der Waals surface area contributed by atoms with Crippen LogP contribution >= 0.6 is 0 Å². The maximum atomic E-state index is 12.1. The SMILES string of the molecule is COC(=O)CCC/C=C(/F)C=O. The normalized spacial score (nSPS) is 11.0. The van der Waals surface area contributed by atoms with Gasteiger partial charge in [0.05, 0.1) is 7.11 Å². The first kappa shape index (κ1) is 10.8. The predicted octanol–water partition coefficient (Wildman–Crippen LogP) is 1.38. The second-order valence-electron chi connectivity index (χ2n) is 2.18. The number of ether oxygens (including phenoxy) is 1. The molecule has 3 nitrogen and oxygen atoms in total. The van der Waals surface area contributed by atoms with Crippen LogP contribution in [0.3, 0.4) is 0 Å². The molecule has 0 radical (unpaired) electrons. The number of aldehydes is 1. The number of hydrogen-bond donors (Lipinski definition) is 0. The van der Waals surface area contributed by atoms with Crippen LogP contribution in [-0.4, -0.2) is 19.4 Å². The average Bonchev–Trinajstić information content (AvgIpc) is 2.11. The van der Waals surface area contributed by atoms with Crippen LogP contribution in [0.15, 0.2) is 11.9 Å². The van der Waals surface area contributed by atoms with Crippen LogP contribution in [0.1, 0.15) is 19.3 Å². The van der Waals surface area contributed by atoms with E-state index in [2.05, 4.69) is 4.74 Å². The number of methoxy groups -OCH3 is 1. The van der Waals surface area contributed by atoms with Gasteiger partial charge in [-0.15, -0.1) is 0 Å². The second kappa shape index (κ2) is 6.52. The summed E-state index contributed by atoms with van der Waals surface area (Å²) in [5.41, 5.74) is 0. The maximum absolute atomic E-state index is 12.1. The number of halogens is 1. The fourth-order valence-corrected chi connectivity index (χ4v) is 0.637. The smallest absolute Gasteiger partial charge is 0.305 e. The van der Waals surface area contributed by atoms with Crippen molar-refractivity contribution in [1.29, 1.82) is 0 Å². The third-order valence-corrected chi connectivity index (χ3v) is 1.26. The molecule has 0 aliphatic carbocycles. The zero-order valence-electron chi connectivity index (χ0n) is 6.88. The van der Waals surface area contributed by atoms with Crippen molar-refractivity contribution in [2.75, 3.05) is 7.11 Å². The zero-order valence-corrected chi connectivity index (χ0v) is 6.88. The van der Waals surface area contributed by atoms with Crippen molar-refractivity contribution < 1.29 is 18.7 Å². The summed E-state index contributed by atoms with van der Waals surface area (Å²) in [6.07, 6.45) is 2.40. The molecule has 0 aromatic carbocycles. The van der Waals surface area contributed by atoms with Gasteiger partial charge in [-0.3, -0.25) is 9.59 Å². The lowest BCUT2D eigenvalue weighted by atomic mass is 10.2. The summed E-state index contributed by atoms with van der Waals surface area (Å²) in [5.74, 6) is -1.12. The van der Waals surface area contributed by atoms with Gasteiger partial charge in [-0.05, 0) is 18.9 Å². The molecule has 0 unspecified atom stereocenters. The third kappa shape index (κ3) is 5.58. The number of carbonyl (C=O) groups is 2. The van der Waals surface area contributed by atoms with E-state index in [1.165, 1.54) is 7.11 Å². The van der Waals surface area contributed by atoms with Crippen molar-refractivity contribution in [1.82, 2.24) is 0 Å². The number of hydrogen-bond acceptors (Lipinski definition) is 3. The van der Waals surface area contributed by atoms with Gasteiger partial charge < -0.3 is 4.74 Å². The Hall–Kier alpha value is -1.19. The molecule has 0 fully saturated rings. The van der Waals surface area contributed by atoms with Gasteiger partial charge in [-0.25, -0.2) is 4.39 Å². The molecule has 0 heterocycles. The predicted molar refractivity (Wildman–Crippen MR) is 41.1 cm³/mol. The van der Waals surface area contributed by atoms with Gasteiger partial charge in [0.15, 0.2) is 12.1 Å². The van der Waals surface area contributed by atoms with Crippen molar-refractivity contribution in [3.8, 4) is 0 Å². The van der Waals surface area contributed by atoms with E-state index in [0.29, 0.717) is 12.8 Å². The molecule has 0 amide bonds. The van der Waals surface area contributed by atoms with E-state index in [9.17, 15) is 14.0 Å². The average molecular weight is 174 g/mol. The van der Waals surface area contributed by atoms with Crippen molar-refractivity contribution in [2.45, 2.75) is 19.3 Å². The first-order valence-corrected chi connectivity index (χ1v) is 3.58. The number of unbranched alkanes of at least 4 members (excludes halogenated alkanes) is 1. The van der Waals surface area contributed by atoms with Gasteiger partial charge in [0.25, 0.3) is 0 Å². The van der Waals surface area contributed by atoms with Gasteiger partial charge in [0.1, 0.15) is 0 Å². The van der Waals surface area contributed by atoms with Crippen LogP contribution in [0.25, 0.3) is 0 Å². The Balaban J connectivity index is 3.44. The minimum Gasteiger partial charge on any atom is -0.469 e. The van der Waals surface area contributed by atoms with Gasteiger partial charge in [-0.2, -0.15) is 0 Å². The van der Waals surface area contributed by atoms with Crippen LogP contribution in [0.2, 0.25) is 0 Å². The lowest BCUT2D eigenvalue weighted by Crippen LogP contribution is -1.98. The quantitative estimate of drug-likeness (QED) is 0.274. The Labute approximate surface area is 70.2 Å². The van der Waals surface area contributed by atoms with E-state index in [4.69, 9.17) is 0 Å². The van der Waals surface area contributed by atoms with Crippen LogP contribution in [0, 0.1) is 0 Å². The summed E-state index contributed by atoms with van der Waals surface area (Å²) in [7, 11) is 1.30. The molecule has 0 aromatic rings. The van der Waals surface area contributed by atoms with Gasteiger partial charge in [0.2, 0.25) is 0 Å². The standard InChI is InChI=1S/C8H11FO3/c1-12-8(11)5-3-2-4-7(9)6-10/h4,6H,2-3,5H2,1H3/b7-4+. The zero-order chi connectivity index (χ0) is 9.40. The maximum Gasteiger partial charge on any atom is 0.305 e. The van der Waals surface area contributed by atoms with Gasteiger partial charge in [-0.1, -0.05) is 0 Å². The second-order valence-corrected chi connectivity index (χ2v) is 2.18. The first-order chi connectivity index (χ1) is 5.70. The highest BCUT2D eigenvalue weighted by Crippen LogP contribution is 2.01. The molecular formula is C8H11FO3. The van der Waals surface area contributed by atoms with Crippen LogP contribution < -0.4 is 0 Å². The Kier molecular flexibility index (Phi) is 5.87. The van der Waals surface area contributed by atoms with Crippen molar-refractivity contribution in [3.05, 3.63) is 11.9 Å². The number of allylic oxidation sites excluding steroid dienone is 2. The summed E-state index contributed by atoms with van der Waals surface area (Å²) < 4.78 is 16.5. The minimum absolute atomic E-state index is 0.137. The highest BCUT2D eigenvalue weighted by atomic mass is 19.1. The van der Waals surface area contributed by atoms with E-state index in [0.717, 1.165) is 6.08 Å². The monoisotopic (exact) mass is 174 g/mol. The summed E-state index contributed by atoms with van der Waals surface area (Å²) in [4.78, 5) is 20.3. The van der Waals surface area contributed by atoms with E-state index < -0.39 is 5.83 Å². The highest BCUT2D eigenvalue weighted by molar-refractivity contribution is 5.70. The minimum atomic E-state index is -0.792. The van der Waals surface area contributed by atoms with Crippen LogP contribution in [0.5, 0.6) is 0 Å². The van der Waals surface area contributed by atoms with Crippen molar-refractivity contribution in [2.24, 2.45) is 0 Å². The molecule has 0 saturated carbocycles. The van der Waals surface area contributed by atoms with Gasteiger partial charge >= 0.3 is 5.97 Å². The molecule has 0 rings (SSSR count). The molecule has 0 aliphatic rings. The summed E-state index contributed by atoms with van der Waals surface area (Å²) in [5, 5.41) is 0.